The lowest BCUT2D eigenvalue weighted by Crippen LogP contribution is -2.40. The van der Waals surface area contributed by atoms with E-state index in [9.17, 15) is 0 Å². The summed E-state index contributed by atoms with van der Waals surface area (Å²) >= 11 is 11.9. The monoisotopic (exact) mass is 289 g/mol. The molecule has 2 unspecified atom stereocenters. The summed E-state index contributed by atoms with van der Waals surface area (Å²) in [5.74, 6) is 0. The van der Waals surface area contributed by atoms with Gasteiger partial charge in [0.05, 0.1) is 16.1 Å². The van der Waals surface area contributed by atoms with Crippen molar-refractivity contribution in [2.45, 2.75) is 38.3 Å². The molecule has 2 nitrogen and oxygen atoms in total. The van der Waals surface area contributed by atoms with Crippen molar-refractivity contribution in [2.75, 3.05) is 14.2 Å². The summed E-state index contributed by atoms with van der Waals surface area (Å²) in [7, 11) is 3.73. The van der Waals surface area contributed by atoms with E-state index in [0.717, 1.165) is 19.3 Å². The Morgan fingerprint density at radius 2 is 2.00 bits per heavy atom. The lowest BCUT2D eigenvalue weighted by Gasteiger charge is -2.25. The van der Waals surface area contributed by atoms with Crippen molar-refractivity contribution in [2.24, 2.45) is 0 Å². The molecule has 18 heavy (non-hydrogen) atoms. The van der Waals surface area contributed by atoms with Crippen molar-refractivity contribution in [1.82, 2.24) is 5.32 Å². The molecule has 0 amide bonds. The fourth-order valence-corrected chi connectivity index (χ4v) is 2.43. The summed E-state index contributed by atoms with van der Waals surface area (Å²) < 4.78 is 5.55. The Bertz CT molecular complexity index is 371. The second kappa shape index (κ2) is 8.00. The second-order valence-electron chi connectivity index (χ2n) is 4.41. The highest BCUT2D eigenvalue weighted by Gasteiger charge is 2.19. The minimum Gasteiger partial charge on any atom is -0.380 e. The number of nitrogens with one attached hydrogen (secondary N) is 1. The van der Waals surface area contributed by atoms with E-state index in [4.69, 9.17) is 27.9 Å². The predicted molar refractivity (Wildman–Crippen MR) is 78.7 cm³/mol. The number of halogens is 2. The third-order valence-electron chi connectivity index (χ3n) is 3.14. The molecule has 0 fully saturated rings. The van der Waals surface area contributed by atoms with Gasteiger partial charge in [0, 0.05) is 13.2 Å². The Labute approximate surface area is 120 Å². The number of hydrogen-bond donors (Lipinski definition) is 1. The van der Waals surface area contributed by atoms with Crippen LogP contribution in [0.5, 0.6) is 0 Å². The molecule has 2 atom stereocenters. The first kappa shape index (κ1) is 15.8. The Morgan fingerprint density at radius 1 is 1.28 bits per heavy atom. The van der Waals surface area contributed by atoms with Crippen LogP contribution in [0.3, 0.4) is 0 Å². The van der Waals surface area contributed by atoms with Crippen LogP contribution in [0, 0.1) is 0 Å². The van der Waals surface area contributed by atoms with E-state index in [1.165, 1.54) is 5.56 Å². The third-order valence-corrected chi connectivity index (χ3v) is 3.87. The van der Waals surface area contributed by atoms with Gasteiger partial charge in [-0.15, -0.1) is 0 Å². The van der Waals surface area contributed by atoms with Gasteiger partial charge >= 0.3 is 0 Å². The molecule has 1 aromatic rings. The van der Waals surface area contributed by atoms with E-state index < -0.39 is 0 Å². The second-order valence-corrected chi connectivity index (χ2v) is 5.22. The van der Waals surface area contributed by atoms with Gasteiger partial charge in [0.2, 0.25) is 0 Å². The molecule has 1 N–H and O–H groups in total. The molecule has 0 aliphatic carbocycles. The largest absolute Gasteiger partial charge is 0.380 e. The van der Waals surface area contributed by atoms with Gasteiger partial charge < -0.3 is 10.1 Å². The highest BCUT2D eigenvalue weighted by Crippen LogP contribution is 2.24. The zero-order valence-corrected chi connectivity index (χ0v) is 12.7. The number of rotatable bonds is 7. The van der Waals surface area contributed by atoms with Crippen LogP contribution in [0.4, 0.5) is 0 Å². The first-order chi connectivity index (χ1) is 8.62. The number of ether oxygens (including phenoxy) is 1. The van der Waals surface area contributed by atoms with E-state index in [1.54, 1.807) is 7.11 Å². The molecule has 0 heterocycles. The lowest BCUT2D eigenvalue weighted by molar-refractivity contribution is 0.0633. The maximum Gasteiger partial charge on any atom is 0.0727 e. The zero-order valence-electron chi connectivity index (χ0n) is 11.2. The Morgan fingerprint density at radius 3 is 2.50 bits per heavy atom. The topological polar surface area (TPSA) is 21.3 Å². The van der Waals surface area contributed by atoms with Crippen molar-refractivity contribution in [3.8, 4) is 0 Å². The normalized spacial score (nSPS) is 14.5. The van der Waals surface area contributed by atoms with Gasteiger partial charge in [0.25, 0.3) is 0 Å². The molecule has 0 spiro atoms. The van der Waals surface area contributed by atoms with Crippen LogP contribution in [-0.4, -0.2) is 26.3 Å². The molecule has 0 aliphatic rings. The van der Waals surface area contributed by atoms with Gasteiger partial charge in [-0.3, -0.25) is 0 Å². The molecule has 0 aromatic heterocycles. The molecule has 102 valence electrons. The average Bonchev–Trinajstić information content (AvgIpc) is 2.37. The molecule has 0 saturated carbocycles. The third kappa shape index (κ3) is 4.43. The van der Waals surface area contributed by atoms with Gasteiger partial charge in [-0.2, -0.15) is 0 Å². The van der Waals surface area contributed by atoms with Crippen molar-refractivity contribution in [3.63, 3.8) is 0 Å². The van der Waals surface area contributed by atoms with E-state index >= 15 is 0 Å². The van der Waals surface area contributed by atoms with Crippen molar-refractivity contribution >= 4 is 23.2 Å². The molecule has 0 aliphatic heterocycles. The molecular weight excluding hydrogens is 269 g/mol. The Hall–Kier alpha value is -0.280. The van der Waals surface area contributed by atoms with Gasteiger partial charge in [-0.25, -0.2) is 0 Å². The molecule has 1 rings (SSSR count). The smallest absolute Gasteiger partial charge is 0.0727 e. The summed E-state index contributed by atoms with van der Waals surface area (Å²) in [6.07, 6.45) is 3.25. The van der Waals surface area contributed by atoms with E-state index in [0.29, 0.717) is 10.0 Å². The minimum atomic E-state index is 0.217. The van der Waals surface area contributed by atoms with Crippen LogP contribution in [0.1, 0.15) is 25.3 Å². The van der Waals surface area contributed by atoms with E-state index in [-0.39, 0.29) is 12.1 Å². The lowest BCUT2D eigenvalue weighted by atomic mass is 9.98. The van der Waals surface area contributed by atoms with Crippen molar-refractivity contribution < 1.29 is 4.74 Å². The highest BCUT2D eigenvalue weighted by molar-refractivity contribution is 6.42. The minimum absolute atomic E-state index is 0.217. The summed E-state index contributed by atoms with van der Waals surface area (Å²) in [6, 6.07) is 6.06. The first-order valence-electron chi connectivity index (χ1n) is 6.26. The van der Waals surface area contributed by atoms with Crippen LogP contribution in [0.2, 0.25) is 10.0 Å². The first-order valence-corrected chi connectivity index (χ1v) is 7.02. The molecular formula is C14H21Cl2NO. The van der Waals surface area contributed by atoms with Crippen LogP contribution in [0.15, 0.2) is 18.2 Å². The van der Waals surface area contributed by atoms with Gasteiger partial charge in [0.15, 0.2) is 0 Å². The van der Waals surface area contributed by atoms with Gasteiger partial charge in [0.1, 0.15) is 0 Å². The van der Waals surface area contributed by atoms with Gasteiger partial charge in [-0.1, -0.05) is 42.6 Å². The molecule has 4 heteroatoms. The zero-order chi connectivity index (χ0) is 13.5. The maximum absolute atomic E-state index is 6.03. The molecule has 0 bridgehead atoms. The van der Waals surface area contributed by atoms with E-state index in [1.807, 2.05) is 25.2 Å². The standard InChI is InChI=1S/C14H21Cl2NO/c1-4-5-14(18-3)13(17-2)9-10-6-7-11(15)12(16)8-10/h6-8,13-14,17H,4-5,9H2,1-3H3. The highest BCUT2D eigenvalue weighted by atomic mass is 35.5. The molecule has 0 radical (unpaired) electrons. The number of methoxy groups -OCH3 is 1. The quantitative estimate of drug-likeness (QED) is 0.821. The number of benzene rings is 1. The average molecular weight is 290 g/mol. The van der Waals surface area contributed by atoms with Crippen LogP contribution in [0.25, 0.3) is 0 Å². The summed E-state index contributed by atoms with van der Waals surface area (Å²) in [5, 5.41) is 4.52. The van der Waals surface area contributed by atoms with Gasteiger partial charge in [-0.05, 0) is 37.6 Å². The van der Waals surface area contributed by atoms with Crippen LogP contribution >= 0.6 is 23.2 Å². The Balaban J connectivity index is 2.74. The van der Waals surface area contributed by atoms with Crippen molar-refractivity contribution in [3.05, 3.63) is 33.8 Å². The van der Waals surface area contributed by atoms with Crippen LogP contribution < -0.4 is 5.32 Å². The van der Waals surface area contributed by atoms with Crippen LogP contribution in [-0.2, 0) is 11.2 Å². The fourth-order valence-electron chi connectivity index (χ4n) is 2.11. The summed E-state index contributed by atoms with van der Waals surface area (Å²) in [4.78, 5) is 0. The molecule has 0 saturated heterocycles. The van der Waals surface area contributed by atoms with Crippen molar-refractivity contribution in [1.29, 1.82) is 0 Å². The molecule has 1 aromatic carbocycles. The number of likely N-dealkylation sites (N-methyl/N-ethyl adjacent to an activating group) is 1. The van der Waals surface area contributed by atoms with E-state index in [2.05, 4.69) is 12.2 Å². The Kier molecular flexibility index (Phi) is 7.02. The fraction of sp³-hybridized carbons (Fsp3) is 0.571. The SMILES string of the molecule is CCCC(OC)C(Cc1ccc(Cl)c(Cl)c1)NC. The predicted octanol–water partition coefficient (Wildman–Crippen LogP) is 3.94. The summed E-state index contributed by atoms with van der Waals surface area (Å²) in [6.45, 7) is 2.16. The maximum atomic E-state index is 6.03. The number of hydrogen-bond acceptors (Lipinski definition) is 2. The summed E-state index contributed by atoms with van der Waals surface area (Å²) in [5.41, 5.74) is 1.17.